The number of amides is 2. The van der Waals surface area contributed by atoms with E-state index in [1.54, 1.807) is 4.90 Å². The summed E-state index contributed by atoms with van der Waals surface area (Å²) in [4.78, 5) is 27.9. The van der Waals surface area contributed by atoms with Crippen LogP contribution in [0.4, 0.5) is 4.79 Å². The van der Waals surface area contributed by atoms with E-state index in [4.69, 9.17) is 0 Å². The summed E-state index contributed by atoms with van der Waals surface area (Å²) < 4.78 is 0. The molecule has 120 valence electrons. The minimum Gasteiger partial charge on any atom is -0.480 e. The molecule has 0 bridgehead atoms. The summed E-state index contributed by atoms with van der Waals surface area (Å²) in [5.41, 5.74) is 0. The predicted molar refractivity (Wildman–Crippen MR) is 80.2 cm³/mol. The van der Waals surface area contributed by atoms with Gasteiger partial charge < -0.3 is 15.3 Å². The summed E-state index contributed by atoms with van der Waals surface area (Å²) in [5.74, 6) is -1.02. The molecule has 2 aliphatic rings. The molecule has 6 nitrogen and oxygen atoms in total. The topological polar surface area (TPSA) is 72.9 Å². The molecule has 2 N–H and O–H groups in total. The number of carboxylic acid groups (broad SMARTS) is 1. The molecule has 21 heavy (non-hydrogen) atoms. The Hall–Kier alpha value is -1.30. The van der Waals surface area contributed by atoms with Crippen molar-refractivity contribution in [2.75, 3.05) is 26.2 Å². The number of fused-ring (bicyclic) bond motifs is 1. The van der Waals surface area contributed by atoms with E-state index < -0.39 is 12.0 Å². The van der Waals surface area contributed by atoms with Crippen molar-refractivity contribution in [1.82, 2.24) is 15.1 Å². The van der Waals surface area contributed by atoms with Gasteiger partial charge in [0.25, 0.3) is 0 Å². The number of carboxylic acids is 1. The lowest BCUT2D eigenvalue weighted by Gasteiger charge is -2.44. The number of nitrogens with zero attached hydrogens (tertiary/aromatic N) is 2. The molecule has 0 saturated carbocycles. The maximum Gasteiger partial charge on any atom is 0.326 e. The number of aliphatic carboxylic acids is 1. The highest BCUT2D eigenvalue weighted by Crippen LogP contribution is 2.21. The number of hydrogen-bond donors (Lipinski definition) is 2. The molecule has 6 heteroatoms. The lowest BCUT2D eigenvalue weighted by atomic mass is 9.98. The number of piperidine rings is 1. The molecule has 2 fully saturated rings. The number of urea groups is 1. The van der Waals surface area contributed by atoms with Crippen LogP contribution >= 0.6 is 0 Å². The van der Waals surface area contributed by atoms with Gasteiger partial charge in [-0.05, 0) is 25.3 Å². The van der Waals surface area contributed by atoms with Gasteiger partial charge in [-0.25, -0.2) is 9.59 Å². The molecular weight excluding hydrogens is 270 g/mol. The van der Waals surface area contributed by atoms with Crippen molar-refractivity contribution >= 4 is 12.0 Å². The Balaban J connectivity index is 1.92. The fourth-order valence-corrected chi connectivity index (χ4v) is 3.25. The number of nitrogens with one attached hydrogen (secondary N) is 1. The van der Waals surface area contributed by atoms with E-state index in [-0.39, 0.29) is 11.9 Å². The zero-order chi connectivity index (χ0) is 15.4. The summed E-state index contributed by atoms with van der Waals surface area (Å²) in [6.07, 6.45) is 4.34. The van der Waals surface area contributed by atoms with Gasteiger partial charge >= 0.3 is 12.0 Å². The Kier molecular flexibility index (Phi) is 5.45. The van der Waals surface area contributed by atoms with E-state index in [1.165, 1.54) is 12.8 Å². The second kappa shape index (κ2) is 7.11. The molecule has 3 atom stereocenters. The van der Waals surface area contributed by atoms with Crippen LogP contribution < -0.4 is 5.32 Å². The van der Waals surface area contributed by atoms with Gasteiger partial charge in [0.05, 0.1) is 0 Å². The van der Waals surface area contributed by atoms with Crippen LogP contribution in [-0.4, -0.2) is 65.2 Å². The monoisotopic (exact) mass is 297 g/mol. The van der Waals surface area contributed by atoms with E-state index in [0.717, 1.165) is 32.5 Å². The average Bonchev–Trinajstić information content (AvgIpc) is 2.50. The van der Waals surface area contributed by atoms with Gasteiger partial charge in [0.1, 0.15) is 6.04 Å². The first kappa shape index (κ1) is 16.1. The van der Waals surface area contributed by atoms with Gasteiger partial charge in [-0.2, -0.15) is 0 Å². The third-order valence-corrected chi connectivity index (χ3v) is 4.88. The molecule has 0 aromatic rings. The lowest BCUT2D eigenvalue weighted by Crippen LogP contribution is -2.59. The summed E-state index contributed by atoms with van der Waals surface area (Å²) in [5, 5.41) is 12.0. The average molecular weight is 297 g/mol. The first-order chi connectivity index (χ1) is 10.0. The third kappa shape index (κ3) is 3.87. The summed E-state index contributed by atoms with van der Waals surface area (Å²) >= 11 is 0. The van der Waals surface area contributed by atoms with Gasteiger partial charge in [-0.1, -0.05) is 26.7 Å². The zero-order valence-corrected chi connectivity index (χ0v) is 13.0. The molecule has 0 aliphatic carbocycles. The maximum absolute atomic E-state index is 12.3. The molecule has 0 spiro atoms. The predicted octanol–water partition coefficient (Wildman–Crippen LogP) is 1.37. The van der Waals surface area contributed by atoms with E-state index >= 15 is 0 Å². The molecule has 0 aromatic heterocycles. The van der Waals surface area contributed by atoms with Crippen molar-refractivity contribution in [3.05, 3.63) is 0 Å². The third-order valence-electron chi connectivity index (χ3n) is 4.88. The Bertz CT molecular complexity index is 388. The van der Waals surface area contributed by atoms with Crippen LogP contribution in [0.15, 0.2) is 0 Å². The van der Waals surface area contributed by atoms with Crippen LogP contribution in [0.5, 0.6) is 0 Å². The number of carbonyl (C=O) groups is 2. The second-order valence-electron chi connectivity index (χ2n) is 6.28. The fraction of sp³-hybridized carbons (Fsp3) is 0.867. The van der Waals surface area contributed by atoms with Crippen molar-refractivity contribution in [2.45, 2.75) is 51.6 Å². The van der Waals surface area contributed by atoms with Crippen LogP contribution in [0.3, 0.4) is 0 Å². The Morgan fingerprint density at radius 3 is 2.71 bits per heavy atom. The largest absolute Gasteiger partial charge is 0.480 e. The SMILES string of the molecule is CC[C@H](C)[C@H](NC(=O)N1CCN2CCCCC2C1)C(=O)O. The molecule has 2 saturated heterocycles. The Morgan fingerprint density at radius 1 is 1.29 bits per heavy atom. The van der Waals surface area contributed by atoms with Gasteiger partial charge in [-0.15, -0.1) is 0 Å². The van der Waals surface area contributed by atoms with Gasteiger partial charge in [0.2, 0.25) is 0 Å². The first-order valence-electron chi connectivity index (χ1n) is 8.05. The summed E-state index contributed by atoms with van der Waals surface area (Å²) in [7, 11) is 0. The normalized spacial score (nSPS) is 25.8. The van der Waals surface area contributed by atoms with Crippen LogP contribution in [0.2, 0.25) is 0 Å². The van der Waals surface area contributed by atoms with Crippen LogP contribution in [0.25, 0.3) is 0 Å². The van der Waals surface area contributed by atoms with E-state index in [2.05, 4.69) is 10.2 Å². The number of carbonyl (C=O) groups excluding carboxylic acids is 1. The summed E-state index contributed by atoms with van der Waals surface area (Å²) in [6.45, 7) is 7.24. The quantitative estimate of drug-likeness (QED) is 0.822. The highest BCUT2D eigenvalue weighted by Gasteiger charge is 2.33. The fourth-order valence-electron chi connectivity index (χ4n) is 3.25. The molecule has 0 aromatic carbocycles. The van der Waals surface area contributed by atoms with Crippen molar-refractivity contribution in [1.29, 1.82) is 0 Å². The zero-order valence-electron chi connectivity index (χ0n) is 13.0. The Labute approximate surface area is 126 Å². The Morgan fingerprint density at radius 2 is 2.05 bits per heavy atom. The molecule has 2 amide bonds. The molecule has 1 unspecified atom stereocenters. The molecule has 0 radical (unpaired) electrons. The maximum atomic E-state index is 12.3. The van der Waals surface area contributed by atoms with Gasteiger partial charge in [0, 0.05) is 25.7 Å². The smallest absolute Gasteiger partial charge is 0.326 e. The number of piperazine rings is 1. The standard InChI is InChI=1S/C15H27N3O3/c1-3-11(2)13(14(19)20)16-15(21)18-9-8-17-7-5-4-6-12(17)10-18/h11-13H,3-10H2,1-2H3,(H,16,21)(H,19,20)/t11-,12?,13-/m0/s1. The van der Waals surface area contributed by atoms with E-state index in [9.17, 15) is 14.7 Å². The second-order valence-corrected chi connectivity index (χ2v) is 6.28. The van der Waals surface area contributed by atoms with Crippen LogP contribution in [0, 0.1) is 5.92 Å². The van der Waals surface area contributed by atoms with Crippen molar-refractivity contribution in [3.8, 4) is 0 Å². The van der Waals surface area contributed by atoms with Crippen molar-refractivity contribution in [2.24, 2.45) is 5.92 Å². The number of hydrogen-bond acceptors (Lipinski definition) is 3. The lowest BCUT2D eigenvalue weighted by molar-refractivity contribution is -0.140. The van der Waals surface area contributed by atoms with Crippen LogP contribution in [0.1, 0.15) is 39.5 Å². The van der Waals surface area contributed by atoms with Crippen LogP contribution in [-0.2, 0) is 4.79 Å². The minimum atomic E-state index is -0.950. The molecule has 2 rings (SSSR count). The van der Waals surface area contributed by atoms with E-state index in [1.807, 2.05) is 13.8 Å². The minimum absolute atomic E-state index is 0.0672. The van der Waals surface area contributed by atoms with Crippen molar-refractivity contribution < 1.29 is 14.7 Å². The molecular formula is C15H27N3O3. The van der Waals surface area contributed by atoms with Gasteiger partial charge in [-0.3, -0.25) is 4.90 Å². The van der Waals surface area contributed by atoms with Crippen molar-refractivity contribution in [3.63, 3.8) is 0 Å². The number of rotatable bonds is 4. The molecule has 2 heterocycles. The highest BCUT2D eigenvalue weighted by atomic mass is 16.4. The van der Waals surface area contributed by atoms with Gasteiger partial charge in [0.15, 0.2) is 0 Å². The highest BCUT2D eigenvalue weighted by molar-refractivity contribution is 5.82. The molecule has 2 aliphatic heterocycles. The first-order valence-corrected chi connectivity index (χ1v) is 8.05. The summed E-state index contributed by atoms with van der Waals surface area (Å²) in [6, 6.07) is -0.579. The van der Waals surface area contributed by atoms with E-state index in [0.29, 0.717) is 12.6 Å².